The van der Waals surface area contributed by atoms with Gasteiger partial charge in [-0.3, -0.25) is 37.1 Å². The molecule has 26 heteroatoms. The molecule has 5 atom stereocenters. The number of rotatable bonds is 5. The van der Waals surface area contributed by atoms with E-state index in [2.05, 4.69) is 0 Å². The quantitative estimate of drug-likeness (QED) is 0.158. The van der Waals surface area contributed by atoms with Crippen molar-refractivity contribution in [1.29, 1.82) is 0 Å². The second kappa shape index (κ2) is 15.7. The Morgan fingerprint density at radius 3 is 1.54 bits per heavy atom. The van der Waals surface area contributed by atoms with Gasteiger partial charge < -0.3 is 17.2 Å². The highest BCUT2D eigenvalue weighted by molar-refractivity contribution is 7.91. The van der Waals surface area contributed by atoms with Crippen LogP contribution in [-0.4, -0.2) is 94.3 Å². The minimum Gasteiger partial charge on any atom is -0.402 e. The molecule has 6 aliphatic carbocycles. The molecule has 0 radical (unpaired) electrons. The van der Waals surface area contributed by atoms with E-state index in [0.29, 0.717) is 17.7 Å². The van der Waals surface area contributed by atoms with E-state index in [4.69, 9.17) is 40.0 Å². The molecule has 0 saturated carbocycles. The van der Waals surface area contributed by atoms with Gasteiger partial charge in [0.15, 0.2) is 17.3 Å². The minimum absolute atomic E-state index is 0.0824. The molecule has 11 N–H and O–H groups in total. The lowest BCUT2D eigenvalue weighted by Gasteiger charge is -2.30. The molecule has 0 aromatic carbocycles. The van der Waals surface area contributed by atoms with Crippen molar-refractivity contribution in [2.75, 3.05) is 0 Å². The summed E-state index contributed by atoms with van der Waals surface area (Å²) in [4.78, 5) is 32.9. The van der Waals surface area contributed by atoms with Gasteiger partial charge in [0.1, 0.15) is 0 Å². The van der Waals surface area contributed by atoms with Crippen molar-refractivity contribution in [3.63, 3.8) is 0 Å². The smallest absolute Gasteiger partial charge is 0.294 e. The van der Waals surface area contributed by atoms with E-state index in [0.717, 1.165) is 36.5 Å². The molecule has 306 valence electrons. The predicted molar refractivity (Wildman–Crippen MR) is 195 cm³/mol. The van der Waals surface area contributed by atoms with Crippen molar-refractivity contribution >= 4 is 67.9 Å². The third-order valence-corrected chi connectivity index (χ3v) is 13.5. The average Bonchev–Trinajstić information content (AvgIpc) is 3.03. The number of hydrogen-bond donors (Lipinski definition) is 8. The number of hydrogen-bond acceptors (Lipinski definition) is 16. The van der Waals surface area contributed by atoms with E-state index >= 15 is 0 Å². The van der Waals surface area contributed by atoms with Crippen LogP contribution in [-0.2, 0) is 65.0 Å². The Balaban J connectivity index is 0.000000188. The fourth-order valence-electron chi connectivity index (χ4n) is 6.39. The van der Waals surface area contributed by atoms with Gasteiger partial charge >= 0.3 is 0 Å². The first kappa shape index (κ1) is 44.7. The zero-order valence-corrected chi connectivity index (χ0v) is 32.3. The highest BCUT2D eigenvalue weighted by Crippen LogP contribution is 2.39. The Morgan fingerprint density at radius 2 is 1.04 bits per heavy atom. The summed E-state index contributed by atoms with van der Waals surface area (Å²) in [5.41, 5.74) is 18.2. The van der Waals surface area contributed by atoms with Crippen LogP contribution in [0.25, 0.3) is 0 Å². The summed E-state index contributed by atoms with van der Waals surface area (Å²) >= 11 is 0. The van der Waals surface area contributed by atoms with Crippen LogP contribution in [0.1, 0.15) is 25.7 Å². The van der Waals surface area contributed by atoms with Gasteiger partial charge in [0, 0.05) is 49.4 Å². The zero-order valence-electron chi connectivity index (χ0n) is 28.2. The van der Waals surface area contributed by atoms with Gasteiger partial charge in [0.2, 0.25) is 0 Å². The molecule has 21 nitrogen and oxygen atoms in total. The number of fused-ring (bicyclic) bond motifs is 3. The molecular formula is C30H33N3O18S5. The molecule has 5 unspecified atom stereocenters. The lowest BCUT2D eigenvalue weighted by Crippen LogP contribution is -2.40. The monoisotopic (exact) mass is 883 g/mol. The van der Waals surface area contributed by atoms with E-state index in [1.807, 2.05) is 0 Å². The first-order valence-electron chi connectivity index (χ1n) is 15.5. The maximum absolute atomic E-state index is 11.9. The molecule has 0 spiro atoms. The van der Waals surface area contributed by atoms with Gasteiger partial charge in [-0.05, 0) is 48.1 Å². The zero-order chi connectivity index (χ0) is 42.5. The third-order valence-electron chi connectivity index (χ3n) is 8.97. The van der Waals surface area contributed by atoms with E-state index < -0.39 is 112 Å². The maximum atomic E-state index is 11.9. The Morgan fingerprint density at radius 1 is 0.554 bits per heavy atom. The summed E-state index contributed by atoms with van der Waals surface area (Å²) in [6.45, 7) is 0. The Kier molecular flexibility index (Phi) is 12.5. The molecule has 0 fully saturated rings. The molecule has 0 amide bonds. The maximum Gasteiger partial charge on any atom is 0.294 e. The number of ketones is 3. The van der Waals surface area contributed by atoms with Crippen LogP contribution in [0.4, 0.5) is 0 Å². The Hall–Kier alpha value is -4.06. The second-order valence-corrected chi connectivity index (χ2v) is 20.1. The lowest BCUT2D eigenvalue weighted by atomic mass is 9.79. The Bertz CT molecular complexity index is 2660. The SMILES string of the molecule is NC1=CC=C2CC(S(=O)(=O)O)=CC(=O)C2C1.NC1C=C(S(=O)(=O)O)C=C2CC(S(=O)(=O)O)=CC(=O)C21.NC1C=CC(S(=O)(=O)O)=C2CC(S(=O)(=O)O)=CC(=O)C21. The number of carbonyl (C=O) groups excluding carboxylic acids is 3. The molecular weight excluding hydrogens is 851 g/mol. The molecule has 6 rings (SSSR count). The normalized spacial score (nSPS) is 26.8. The van der Waals surface area contributed by atoms with E-state index in [-0.39, 0.29) is 40.6 Å². The summed E-state index contributed by atoms with van der Waals surface area (Å²) in [6, 6.07) is -1.83. The lowest BCUT2D eigenvalue weighted by molar-refractivity contribution is -0.118. The fraction of sp³-hybridized carbons (Fsp3) is 0.300. The van der Waals surface area contributed by atoms with Gasteiger partial charge in [-0.2, -0.15) is 42.1 Å². The van der Waals surface area contributed by atoms with Crippen molar-refractivity contribution in [2.24, 2.45) is 35.0 Å². The fourth-order valence-corrected chi connectivity index (χ4v) is 9.63. The molecule has 0 aromatic rings. The van der Waals surface area contributed by atoms with Crippen molar-refractivity contribution < 1.29 is 79.2 Å². The number of carbonyl (C=O) groups is 3. The Labute approximate surface area is 320 Å². The van der Waals surface area contributed by atoms with Crippen LogP contribution in [0.5, 0.6) is 0 Å². The molecule has 0 bridgehead atoms. The standard InChI is InChI=1S/2C10H11NO7S2.C10H11NO4S/c11-8-3-6(19(13,14)15)1-5-2-7(20(16,17)18)4-9(12)10(5)8;11-7-1-2-9(20(16,17)18)6-3-5(19(13,14)15)4-8(12)10(6)7;11-7-2-1-6-3-8(16(13,14)15)5-10(12)9(6)4-7/h1,3-4,8,10H,2,11H2,(H,13,14,15)(H,16,17,18);1-2,4,7,10H,3,11H2,(H,13,14,15)(H,16,17,18);1-2,5,9H,3-4,11H2,(H,13,14,15). The molecule has 6 aliphatic rings. The van der Waals surface area contributed by atoms with Crippen LogP contribution in [0.3, 0.4) is 0 Å². The minimum atomic E-state index is -4.63. The van der Waals surface area contributed by atoms with Gasteiger partial charge in [-0.1, -0.05) is 23.3 Å². The van der Waals surface area contributed by atoms with E-state index in [1.54, 1.807) is 12.2 Å². The van der Waals surface area contributed by atoms with Gasteiger partial charge in [0.05, 0.1) is 36.4 Å². The molecule has 0 aromatic heterocycles. The van der Waals surface area contributed by atoms with Crippen molar-refractivity contribution in [3.05, 3.63) is 102 Å². The van der Waals surface area contributed by atoms with Gasteiger partial charge in [-0.15, -0.1) is 0 Å². The summed E-state index contributed by atoms with van der Waals surface area (Å²) in [5.74, 6) is -4.03. The van der Waals surface area contributed by atoms with Crippen molar-refractivity contribution in [2.45, 2.75) is 37.8 Å². The second-order valence-electron chi connectivity index (χ2n) is 12.8. The predicted octanol–water partition coefficient (Wildman–Crippen LogP) is -0.708. The average molecular weight is 884 g/mol. The van der Waals surface area contributed by atoms with Gasteiger partial charge in [-0.25, -0.2) is 0 Å². The summed E-state index contributed by atoms with van der Waals surface area (Å²) in [7, 11) is -22.6. The van der Waals surface area contributed by atoms with Crippen LogP contribution < -0.4 is 17.2 Å². The first-order chi connectivity index (χ1) is 25.4. The summed E-state index contributed by atoms with van der Waals surface area (Å²) < 4.78 is 156. The molecule has 0 saturated heterocycles. The van der Waals surface area contributed by atoms with Crippen LogP contribution in [0.15, 0.2) is 102 Å². The highest BCUT2D eigenvalue weighted by Gasteiger charge is 2.41. The largest absolute Gasteiger partial charge is 0.402 e. The van der Waals surface area contributed by atoms with Crippen molar-refractivity contribution in [3.8, 4) is 0 Å². The van der Waals surface area contributed by atoms with Gasteiger partial charge in [0.25, 0.3) is 50.6 Å². The first-order valence-corrected chi connectivity index (χ1v) is 22.7. The topological polar surface area (TPSA) is 401 Å². The number of nitrogens with two attached hydrogens (primary N) is 3. The van der Waals surface area contributed by atoms with E-state index in [9.17, 15) is 56.5 Å². The molecule has 0 aliphatic heterocycles. The number of allylic oxidation sites excluding steroid dienone is 12. The third kappa shape index (κ3) is 10.3. The van der Waals surface area contributed by atoms with Crippen LogP contribution in [0, 0.1) is 17.8 Å². The van der Waals surface area contributed by atoms with Crippen molar-refractivity contribution in [1.82, 2.24) is 0 Å². The molecule has 56 heavy (non-hydrogen) atoms. The summed E-state index contributed by atoms with van der Waals surface area (Å²) in [5, 5.41) is 0. The van der Waals surface area contributed by atoms with E-state index in [1.165, 1.54) is 6.08 Å². The molecule has 0 heterocycles. The van der Waals surface area contributed by atoms with Crippen LogP contribution in [0.2, 0.25) is 0 Å². The summed E-state index contributed by atoms with van der Waals surface area (Å²) in [6.07, 6.45) is 9.76. The highest BCUT2D eigenvalue weighted by atomic mass is 32.2. The van der Waals surface area contributed by atoms with Crippen LogP contribution >= 0.6 is 0 Å².